The molecule has 0 fully saturated rings. The minimum absolute atomic E-state index is 0.349. The minimum Gasteiger partial charge on any atom is -0.480 e. The van der Waals surface area contributed by atoms with Crippen LogP contribution in [0.1, 0.15) is 64.7 Å². The molecule has 15 heavy (non-hydrogen) atoms. The van der Waals surface area contributed by atoms with Gasteiger partial charge in [0.1, 0.15) is 4.83 Å². The van der Waals surface area contributed by atoms with Crippen LogP contribution < -0.4 is 0 Å². The molecule has 0 bridgehead atoms. The number of unbranched alkanes of at least 4 members (excludes halogenated alkanes) is 7. The van der Waals surface area contributed by atoms with Crippen LogP contribution in [0.15, 0.2) is 0 Å². The Kier molecular flexibility index (Phi) is 10.4. The molecule has 2 nitrogen and oxygen atoms in total. The van der Waals surface area contributed by atoms with Gasteiger partial charge in [-0.2, -0.15) is 0 Å². The van der Waals surface area contributed by atoms with Crippen molar-refractivity contribution in [3.63, 3.8) is 0 Å². The topological polar surface area (TPSA) is 37.3 Å². The SMILES string of the molecule is CCCCCCCCCCC(Br)C(=O)O. The number of hydrogen-bond acceptors (Lipinski definition) is 1. The third-order valence-electron chi connectivity index (χ3n) is 2.58. The van der Waals surface area contributed by atoms with Crippen LogP contribution in [-0.4, -0.2) is 15.9 Å². The molecule has 0 aliphatic rings. The van der Waals surface area contributed by atoms with E-state index in [0.717, 1.165) is 12.8 Å². The number of alkyl halides is 1. The van der Waals surface area contributed by atoms with Crippen molar-refractivity contribution in [2.24, 2.45) is 0 Å². The number of halogens is 1. The summed E-state index contributed by atoms with van der Waals surface area (Å²) >= 11 is 3.15. The zero-order valence-electron chi connectivity index (χ0n) is 9.67. The number of hydrogen-bond donors (Lipinski definition) is 1. The summed E-state index contributed by atoms with van der Waals surface area (Å²) in [6, 6.07) is 0. The van der Waals surface area contributed by atoms with E-state index in [2.05, 4.69) is 22.9 Å². The highest BCUT2D eigenvalue weighted by Crippen LogP contribution is 2.13. The van der Waals surface area contributed by atoms with E-state index < -0.39 is 5.97 Å². The quantitative estimate of drug-likeness (QED) is 0.476. The van der Waals surface area contributed by atoms with E-state index >= 15 is 0 Å². The maximum Gasteiger partial charge on any atom is 0.317 e. The molecule has 0 aromatic heterocycles. The first-order chi connectivity index (χ1) is 7.18. The van der Waals surface area contributed by atoms with Gasteiger partial charge in [-0.05, 0) is 6.42 Å². The van der Waals surface area contributed by atoms with Gasteiger partial charge in [0.2, 0.25) is 0 Å². The smallest absolute Gasteiger partial charge is 0.317 e. The third kappa shape index (κ3) is 10.2. The summed E-state index contributed by atoms with van der Waals surface area (Å²) in [5, 5.41) is 8.63. The van der Waals surface area contributed by atoms with Gasteiger partial charge < -0.3 is 5.11 Å². The Hall–Kier alpha value is -0.0500. The zero-order valence-corrected chi connectivity index (χ0v) is 11.3. The van der Waals surface area contributed by atoms with Crippen LogP contribution in [0.5, 0.6) is 0 Å². The molecule has 0 heterocycles. The van der Waals surface area contributed by atoms with E-state index in [1.807, 2.05) is 0 Å². The lowest BCUT2D eigenvalue weighted by Crippen LogP contribution is -2.11. The van der Waals surface area contributed by atoms with Gasteiger partial charge in [-0.15, -0.1) is 0 Å². The molecule has 0 amide bonds. The van der Waals surface area contributed by atoms with Crippen molar-refractivity contribution < 1.29 is 9.90 Å². The first-order valence-corrected chi connectivity index (χ1v) is 6.97. The van der Waals surface area contributed by atoms with Gasteiger partial charge >= 0.3 is 5.97 Å². The summed E-state index contributed by atoms with van der Waals surface area (Å²) < 4.78 is 0. The molecule has 0 aromatic rings. The Morgan fingerprint density at radius 2 is 1.53 bits per heavy atom. The second kappa shape index (κ2) is 10.5. The lowest BCUT2D eigenvalue weighted by atomic mass is 10.1. The molecule has 3 heteroatoms. The van der Waals surface area contributed by atoms with Crippen molar-refractivity contribution >= 4 is 21.9 Å². The molecular weight excluding hydrogens is 256 g/mol. The molecule has 0 radical (unpaired) electrons. The van der Waals surface area contributed by atoms with E-state index in [0.29, 0.717) is 0 Å². The maximum absolute atomic E-state index is 10.5. The molecule has 1 N–H and O–H groups in total. The van der Waals surface area contributed by atoms with Gasteiger partial charge in [0.25, 0.3) is 0 Å². The largest absolute Gasteiger partial charge is 0.480 e. The van der Waals surface area contributed by atoms with Crippen LogP contribution in [0.3, 0.4) is 0 Å². The maximum atomic E-state index is 10.5. The fourth-order valence-corrected chi connectivity index (χ4v) is 1.90. The monoisotopic (exact) mass is 278 g/mol. The van der Waals surface area contributed by atoms with Crippen molar-refractivity contribution in [3.8, 4) is 0 Å². The molecule has 0 rings (SSSR count). The predicted octanol–water partition coefficient (Wildman–Crippen LogP) is 4.37. The summed E-state index contributed by atoms with van der Waals surface area (Å²) in [5.41, 5.74) is 0. The van der Waals surface area contributed by atoms with Crippen molar-refractivity contribution in [2.45, 2.75) is 69.5 Å². The predicted molar refractivity (Wildman–Crippen MR) is 67.6 cm³/mol. The second-order valence-electron chi connectivity index (χ2n) is 4.07. The Morgan fingerprint density at radius 3 is 2.00 bits per heavy atom. The molecule has 1 atom stereocenters. The highest BCUT2D eigenvalue weighted by Gasteiger charge is 2.11. The zero-order chi connectivity index (χ0) is 11.5. The van der Waals surface area contributed by atoms with E-state index in [-0.39, 0.29) is 4.83 Å². The van der Waals surface area contributed by atoms with Crippen LogP contribution in [0.2, 0.25) is 0 Å². The van der Waals surface area contributed by atoms with Crippen molar-refractivity contribution in [1.82, 2.24) is 0 Å². The van der Waals surface area contributed by atoms with Crippen LogP contribution >= 0.6 is 15.9 Å². The van der Waals surface area contributed by atoms with Gasteiger partial charge in [0, 0.05) is 0 Å². The molecule has 0 aliphatic carbocycles. The molecule has 1 unspecified atom stereocenters. The molecule has 0 saturated carbocycles. The number of carbonyl (C=O) groups is 1. The normalized spacial score (nSPS) is 12.7. The average Bonchev–Trinajstić information content (AvgIpc) is 2.21. The number of aliphatic carboxylic acids is 1. The lowest BCUT2D eigenvalue weighted by Gasteiger charge is -2.04. The summed E-state index contributed by atoms with van der Waals surface area (Å²) in [6.45, 7) is 2.22. The van der Waals surface area contributed by atoms with Gasteiger partial charge in [-0.1, -0.05) is 74.2 Å². The van der Waals surface area contributed by atoms with Gasteiger partial charge in [0.15, 0.2) is 0 Å². The minimum atomic E-state index is -0.738. The fourth-order valence-electron chi connectivity index (χ4n) is 1.58. The highest BCUT2D eigenvalue weighted by atomic mass is 79.9. The number of rotatable bonds is 10. The molecular formula is C12H23BrO2. The Bertz CT molecular complexity index is 160. The van der Waals surface area contributed by atoms with Crippen molar-refractivity contribution in [3.05, 3.63) is 0 Å². The fraction of sp³-hybridized carbons (Fsp3) is 0.917. The Labute approximate surface area is 102 Å². The van der Waals surface area contributed by atoms with Crippen molar-refractivity contribution in [1.29, 1.82) is 0 Å². The molecule has 0 spiro atoms. The van der Waals surface area contributed by atoms with Gasteiger partial charge in [-0.25, -0.2) is 0 Å². The molecule has 0 aliphatic heterocycles. The van der Waals surface area contributed by atoms with E-state index in [9.17, 15) is 4.79 Å². The van der Waals surface area contributed by atoms with Crippen LogP contribution in [0, 0.1) is 0 Å². The van der Waals surface area contributed by atoms with Crippen LogP contribution in [0.25, 0.3) is 0 Å². The molecule has 0 aromatic carbocycles. The summed E-state index contributed by atoms with van der Waals surface area (Å²) in [7, 11) is 0. The van der Waals surface area contributed by atoms with E-state index in [1.165, 1.54) is 44.9 Å². The summed E-state index contributed by atoms with van der Waals surface area (Å²) in [5.74, 6) is -0.738. The standard InChI is InChI=1S/C12H23BrO2/c1-2-3-4-5-6-7-8-9-10-11(13)12(14)15/h11H,2-10H2,1H3,(H,14,15). The molecule has 0 saturated heterocycles. The number of carboxylic acid groups (broad SMARTS) is 1. The van der Waals surface area contributed by atoms with Crippen molar-refractivity contribution in [2.75, 3.05) is 0 Å². The van der Waals surface area contributed by atoms with Crippen LogP contribution in [-0.2, 0) is 4.79 Å². The van der Waals surface area contributed by atoms with E-state index in [4.69, 9.17) is 5.11 Å². The first kappa shape index (κ1) is 14.9. The third-order valence-corrected chi connectivity index (χ3v) is 3.43. The number of carboxylic acids is 1. The van der Waals surface area contributed by atoms with Crippen LogP contribution in [0.4, 0.5) is 0 Å². The van der Waals surface area contributed by atoms with Gasteiger partial charge in [-0.3, -0.25) is 4.79 Å². The van der Waals surface area contributed by atoms with E-state index in [1.54, 1.807) is 0 Å². The summed E-state index contributed by atoms with van der Waals surface area (Å²) in [6.07, 6.45) is 10.8. The first-order valence-electron chi connectivity index (χ1n) is 6.05. The Balaban J connectivity index is 3.08. The molecule has 90 valence electrons. The Morgan fingerprint density at radius 1 is 1.07 bits per heavy atom. The lowest BCUT2D eigenvalue weighted by molar-refractivity contribution is -0.136. The van der Waals surface area contributed by atoms with Gasteiger partial charge in [0.05, 0.1) is 0 Å². The average molecular weight is 279 g/mol. The summed E-state index contributed by atoms with van der Waals surface area (Å²) in [4.78, 5) is 10.1. The highest BCUT2D eigenvalue weighted by molar-refractivity contribution is 9.10. The second-order valence-corrected chi connectivity index (χ2v) is 5.17.